The molecule has 0 unspecified atom stereocenters. The monoisotopic (exact) mass is 349 g/mol. The molecule has 1 aromatic heterocycles. The number of rotatable bonds is 4. The van der Waals surface area contributed by atoms with Gasteiger partial charge in [0.1, 0.15) is 0 Å². The van der Waals surface area contributed by atoms with Gasteiger partial charge < -0.3 is 9.84 Å². The number of hydrogen-bond acceptors (Lipinski definition) is 4. The SMILES string of the molecule is Cc1noc(CCNc2ccc(Br)cc2C(F)(F)F)n1. The molecule has 0 radical (unpaired) electrons. The van der Waals surface area contributed by atoms with E-state index >= 15 is 0 Å². The molecule has 0 saturated carbocycles. The van der Waals surface area contributed by atoms with Gasteiger partial charge in [0.15, 0.2) is 5.82 Å². The Balaban J connectivity index is 2.06. The summed E-state index contributed by atoms with van der Waals surface area (Å²) in [6, 6.07) is 3.97. The van der Waals surface area contributed by atoms with E-state index in [0.29, 0.717) is 22.6 Å². The van der Waals surface area contributed by atoms with Crippen molar-refractivity contribution in [2.24, 2.45) is 0 Å². The van der Waals surface area contributed by atoms with Gasteiger partial charge in [-0.05, 0) is 25.1 Å². The standard InChI is InChI=1S/C12H11BrF3N3O/c1-7-18-11(20-19-7)4-5-17-10-3-2-8(13)6-9(10)12(14,15)16/h2-3,6,17H,4-5H2,1H3. The molecule has 4 nitrogen and oxygen atoms in total. The van der Waals surface area contributed by atoms with Crippen LogP contribution in [0.5, 0.6) is 0 Å². The van der Waals surface area contributed by atoms with E-state index in [-0.39, 0.29) is 12.2 Å². The second-order valence-corrected chi connectivity index (χ2v) is 5.02. The minimum absolute atomic E-state index is 0.0249. The Morgan fingerprint density at radius 2 is 2.10 bits per heavy atom. The van der Waals surface area contributed by atoms with E-state index < -0.39 is 11.7 Å². The van der Waals surface area contributed by atoms with Crippen LogP contribution in [-0.4, -0.2) is 16.7 Å². The normalized spacial score (nSPS) is 11.7. The summed E-state index contributed by atoms with van der Waals surface area (Å²) in [4.78, 5) is 3.98. The average Bonchev–Trinajstić information content (AvgIpc) is 2.76. The van der Waals surface area contributed by atoms with Gasteiger partial charge >= 0.3 is 6.18 Å². The fourth-order valence-electron chi connectivity index (χ4n) is 1.65. The third-order valence-corrected chi connectivity index (χ3v) is 3.00. The maximum atomic E-state index is 12.9. The molecule has 0 saturated heterocycles. The molecule has 0 fully saturated rings. The second kappa shape index (κ2) is 5.82. The lowest BCUT2D eigenvalue weighted by molar-refractivity contribution is -0.137. The van der Waals surface area contributed by atoms with Crippen molar-refractivity contribution < 1.29 is 17.7 Å². The van der Waals surface area contributed by atoms with Crippen LogP contribution in [0.2, 0.25) is 0 Å². The number of aryl methyl sites for hydroxylation is 1. The van der Waals surface area contributed by atoms with Gasteiger partial charge in [0.25, 0.3) is 0 Å². The first kappa shape index (κ1) is 14.8. The maximum Gasteiger partial charge on any atom is 0.418 e. The van der Waals surface area contributed by atoms with Crippen molar-refractivity contribution in [2.45, 2.75) is 19.5 Å². The molecule has 2 aromatic rings. The number of nitrogens with one attached hydrogen (secondary N) is 1. The van der Waals surface area contributed by atoms with Crippen molar-refractivity contribution in [3.63, 3.8) is 0 Å². The zero-order valence-corrected chi connectivity index (χ0v) is 12.0. The molecule has 0 aliphatic heterocycles. The van der Waals surface area contributed by atoms with Crippen molar-refractivity contribution in [3.8, 4) is 0 Å². The molecule has 0 bridgehead atoms. The molecular weight excluding hydrogens is 339 g/mol. The molecule has 0 aliphatic carbocycles. The Morgan fingerprint density at radius 1 is 1.35 bits per heavy atom. The lowest BCUT2D eigenvalue weighted by Crippen LogP contribution is -2.13. The van der Waals surface area contributed by atoms with E-state index in [9.17, 15) is 13.2 Å². The number of anilines is 1. The number of alkyl halides is 3. The predicted octanol–water partition coefficient (Wildman–Crippen LogP) is 3.81. The Hall–Kier alpha value is -1.57. The van der Waals surface area contributed by atoms with E-state index in [1.807, 2.05) is 0 Å². The fourth-order valence-corrected chi connectivity index (χ4v) is 2.01. The molecule has 1 N–H and O–H groups in total. The lowest BCUT2D eigenvalue weighted by atomic mass is 10.1. The highest BCUT2D eigenvalue weighted by Gasteiger charge is 2.33. The van der Waals surface area contributed by atoms with E-state index in [1.165, 1.54) is 6.07 Å². The Bertz CT molecular complexity index is 598. The molecule has 2 rings (SSSR count). The first-order valence-corrected chi connectivity index (χ1v) is 6.55. The van der Waals surface area contributed by atoms with E-state index in [0.717, 1.165) is 6.07 Å². The summed E-state index contributed by atoms with van der Waals surface area (Å²) in [6.45, 7) is 1.95. The van der Waals surface area contributed by atoms with Crippen LogP contribution in [0.4, 0.5) is 18.9 Å². The Morgan fingerprint density at radius 3 is 2.70 bits per heavy atom. The number of nitrogens with zero attached hydrogens (tertiary/aromatic N) is 2. The van der Waals surface area contributed by atoms with E-state index in [1.54, 1.807) is 13.0 Å². The number of hydrogen-bond donors (Lipinski definition) is 1. The summed E-state index contributed by atoms with van der Waals surface area (Å²) in [5, 5.41) is 6.35. The van der Waals surface area contributed by atoms with Gasteiger partial charge in [0, 0.05) is 23.1 Å². The van der Waals surface area contributed by atoms with Crippen molar-refractivity contribution >= 4 is 21.6 Å². The first-order chi connectivity index (χ1) is 9.36. The predicted molar refractivity (Wildman–Crippen MR) is 70.4 cm³/mol. The summed E-state index contributed by atoms with van der Waals surface area (Å²) < 4.78 is 43.9. The van der Waals surface area contributed by atoms with Gasteiger partial charge in [-0.25, -0.2) is 0 Å². The van der Waals surface area contributed by atoms with Crippen LogP contribution in [0.15, 0.2) is 27.2 Å². The van der Waals surface area contributed by atoms with Crippen LogP contribution >= 0.6 is 15.9 Å². The Labute approximate surface area is 121 Å². The van der Waals surface area contributed by atoms with Gasteiger partial charge in [-0.3, -0.25) is 0 Å². The highest BCUT2D eigenvalue weighted by atomic mass is 79.9. The quantitative estimate of drug-likeness (QED) is 0.911. The van der Waals surface area contributed by atoms with Crippen molar-refractivity contribution in [1.82, 2.24) is 10.1 Å². The molecule has 0 atom stereocenters. The summed E-state index contributed by atoms with van der Waals surface area (Å²) in [6.07, 6.45) is -4.05. The van der Waals surface area contributed by atoms with Gasteiger partial charge in [-0.15, -0.1) is 0 Å². The lowest BCUT2D eigenvalue weighted by Gasteiger charge is -2.14. The van der Waals surface area contributed by atoms with Gasteiger partial charge in [0.2, 0.25) is 5.89 Å². The zero-order valence-electron chi connectivity index (χ0n) is 10.5. The molecular formula is C12H11BrF3N3O. The van der Waals surface area contributed by atoms with Crippen LogP contribution < -0.4 is 5.32 Å². The third-order valence-electron chi connectivity index (χ3n) is 2.51. The fraction of sp³-hybridized carbons (Fsp3) is 0.333. The molecule has 20 heavy (non-hydrogen) atoms. The van der Waals surface area contributed by atoms with Gasteiger partial charge in [0.05, 0.1) is 5.56 Å². The van der Waals surface area contributed by atoms with Crippen molar-refractivity contribution in [1.29, 1.82) is 0 Å². The number of benzene rings is 1. The molecule has 8 heteroatoms. The minimum atomic E-state index is -4.41. The van der Waals surface area contributed by atoms with Crippen LogP contribution in [0.25, 0.3) is 0 Å². The van der Waals surface area contributed by atoms with E-state index in [4.69, 9.17) is 4.52 Å². The van der Waals surface area contributed by atoms with Crippen LogP contribution in [0.1, 0.15) is 17.3 Å². The highest BCUT2D eigenvalue weighted by molar-refractivity contribution is 9.10. The topological polar surface area (TPSA) is 51.0 Å². The number of aromatic nitrogens is 2. The summed E-state index contributed by atoms with van der Waals surface area (Å²) in [7, 11) is 0. The van der Waals surface area contributed by atoms with Crippen LogP contribution in [0.3, 0.4) is 0 Å². The molecule has 0 spiro atoms. The summed E-state index contributed by atoms with van der Waals surface area (Å²) in [5.74, 6) is 0.889. The van der Waals surface area contributed by atoms with Crippen LogP contribution in [-0.2, 0) is 12.6 Å². The summed E-state index contributed by atoms with van der Waals surface area (Å²) >= 11 is 3.04. The summed E-state index contributed by atoms with van der Waals surface area (Å²) in [5.41, 5.74) is -0.689. The average molecular weight is 350 g/mol. The zero-order chi connectivity index (χ0) is 14.8. The largest absolute Gasteiger partial charge is 0.418 e. The van der Waals surface area contributed by atoms with Gasteiger partial charge in [-0.2, -0.15) is 18.2 Å². The van der Waals surface area contributed by atoms with Crippen LogP contribution in [0, 0.1) is 6.92 Å². The minimum Gasteiger partial charge on any atom is -0.384 e. The molecule has 1 aromatic carbocycles. The van der Waals surface area contributed by atoms with Crippen molar-refractivity contribution in [3.05, 3.63) is 40.0 Å². The Kier molecular flexibility index (Phi) is 4.32. The second-order valence-electron chi connectivity index (χ2n) is 4.10. The van der Waals surface area contributed by atoms with E-state index in [2.05, 4.69) is 31.4 Å². The number of halogens is 4. The van der Waals surface area contributed by atoms with Gasteiger partial charge in [-0.1, -0.05) is 21.1 Å². The molecule has 108 valence electrons. The smallest absolute Gasteiger partial charge is 0.384 e. The highest BCUT2D eigenvalue weighted by Crippen LogP contribution is 2.36. The molecule has 1 heterocycles. The maximum absolute atomic E-state index is 12.9. The molecule has 0 amide bonds. The third kappa shape index (κ3) is 3.72. The molecule has 0 aliphatic rings. The first-order valence-electron chi connectivity index (χ1n) is 5.76. The van der Waals surface area contributed by atoms with Crippen molar-refractivity contribution in [2.75, 3.05) is 11.9 Å².